The van der Waals surface area contributed by atoms with Gasteiger partial charge < -0.3 is 11.1 Å². The van der Waals surface area contributed by atoms with Crippen molar-refractivity contribution in [3.05, 3.63) is 35.4 Å². The zero-order valence-electron chi connectivity index (χ0n) is 11.3. The van der Waals surface area contributed by atoms with Crippen molar-refractivity contribution in [1.82, 2.24) is 10.2 Å². The van der Waals surface area contributed by atoms with Crippen LogP contribution in [0.25, 0.3) is 0 Å². The Kier molecular flexibility index (Phi) is 3.72. The Morgan fingerprint density at radius 2 is 2.05 bits per heavy atom. The molecule has 1 aliphatic carbocycles. The monoisotopic (exact) mass is 289 g/mol. The van der Waals surface area contributed by atoms with E-state index in [2.05, 4.69) is 10.2 Å². The van der Waals surface area contributed by atoms with Crippen molar-refractivity contribution in [2.75, 3.05) is 13.1 Å². The van der Waals surface area contributed by atoms with Crippen LogP contribution in [0.3, 0.4) is 0 Å². The molecule has 1 unspecified atom stereocenters. The number of thiocarbonyl (C=S) groups is 1. The number of rotatable bonds is 4. The molecule has 1 saturated carbocycles. The third kappa shape index (κ3) is 2.99. The summed E-state index contributed by atoms with van der Waals surface area (Å²) in [5.41, 5.74) is 6.96. The van der Waals surface area contributed by atoms with Crippen LogP contribution in [0.2, 0.25) is 0 Å². The van der Waals surface area contributed by atoms with Gasteiger partial charge in [0.25, 0.3) is 5.91 Å². The Morgan fingerprint density at radius 1 is 1.30 bits per heavy atom. The van der Waals surface area contributed by atoms with Crippen molar-refractivity contribution in [2.45, 2.75) is 31.3 Å². The largest absolute Gasteiger partial charge is 0.389 e. The van der Waals surface area contributed by atoms with Crippen LogP contribution >= 0.6 is 12.2 Å². The minimum absolute atomic E-state index is 0.0363. The fourth-order valence-electron chi connectivity index (χ4n) is 2.76. The van der Waals surface area contributed by atoms with Crippen molar-refractivity contribution in [3.63, 3.8) is 0 Å². The predicted molar refractivity (Wildman–Crippen MR) is 82.8 cm³/mol. The van der Waals surface area contributed by atoms with E-state index in [0.29, 0.717) is 10.6 Å². The van der Waals surface area contributed by atoms with Gasteiger partial charge in [0.05, 0.1) is 0 Å². The lowest BCUT2D eigenvalue weighted by Gasteiger charge is -2.16. The van der Waals surface area contributed by atoms with Gasteiger partial charge in [-0.3, -0.25) is 9.69 Å². The standard InChI is InChI=1S/C15H19N3OS/c16-14(20)10-2-1-3-11(8-10)15(19)17-12-6-7-18(9-12)13-4-5-13/h1-3,8,12-13H,4-7,9H2,(H2,16,20)(H,17,19). The SMILES string of the molecule is NC(=S)c1cccc(C(=O)NC2CCN(C3CC3)C2)c1. The van der Waals surface area contributed by atoms with Crippen LogP contribution < -0.4 is 11.1 Å². The van der Waals surface area contributed by atoms with Gasteiger partial charge in [-0.25, -0.2) is 0 Å². The van der Waals surface area contributed by atoms with Gasteiger partial charge in [-0.2, -0.15) is 0 Å². The molecule has 1 aliphatic heterocycles. The van der Waals surface area contributed by atoms with E-state index in [1.807, 2.05) is 12.1 Å². The maximum atomic E-state index is 12.3. The molecule has 20 heavy (non-hydrogen) atoms. The third-order valence-corrected chi connectivity index (χ3v) is 4.26. The van der Waals surface area contributed by atoms with Crippen molar-refractivity contribution in [2.24, 2.45) is 5.73 Å². The molecule has 106 valence electrons. The van der Waals surface area contributed by atoms with E-state index >= 15 is 0 Å². The first-order chi connectivity index (χ1) is 9.63. The summed E-state index contributed by atoms with van der Waals surface area (Å²) < 4.78 is 0. The van der Waals surface area contributed by atoms with Crippen LogP contribution in [-0.2, 0) is 0 Å². The Bertz CT molecular complexity index is 542. The lowest BCUT2D eigenvalue weighted by molar-refractivity contribution is 0.0937. The first kappa shape index (κ1) is 13.5. The van der Waals surface area contributed by atoms with Gasteiger partial charge in [0.1, 0.15) is 4.99 Å². The predicted octanol–water partition coefficient (Wildman–Crippen LogP) is 1.29. The first-order valence-electron chi connectivity index (χ1n) is 7.08. The summed E-state index contributed by atoms with van der Waals surface area (Å²) in [4.78, 5) is 15.1. The normalized spacial score (nSPS) is 22.7. The smallest absolute Gasteiger partial charge is 0.251 e. The Labute approximate surface area is 124 Å². The van der Waals surface area contributed by atoms with Crippen LogP contribution in [0.1, 0.15) is 35.2 Å². The number of amides is 1. The van der Waals surface area contributed by atoms with Gasteiger partial charge in [0.15, 0.2) is 0 Å². The average molecular weight is 289 g/mol. The molecule has 2 fully saturated rings. The Balaban J connectivity index is 1.61. The summed E-state index contributed by atoms with van der Waals surface area (Å²) in [5.74, 6) is -0.0363. The van der Waals surface area contributed by atoms with E-state index in [0.717, 1.165) is 31.1 Å². The highest BCUT2D eigenvalue weighted by Gasteiger charge is 2.34. The van der Waals surface area contributed by atoms with Crippen molar-refractivity contribution in [1.29, 1.82) is 0 Å². The molecule has 1 aromatic rings. The van der Waals surface area contributed by atoms with E-state index in [-0.39, 0.29) is 11.9 Å². The van der Waals surface area contributed by atoms with Crippen LogP contribution in [0.5, 0.6) is 0 Å². The number of carbonyl (C=O) groups excluding carboxylic acids is 1. The molecule has 1 amide bonds. The highest BCUT2D eigenvalue weighted by atomic mass is 32.1. The van der Waals surface area contributed by atoms with Crippen LogP contribution in [-0.4, -0.2) is 41.0 Å². The quantitative estimate of drug-likeness (QED) is 0.820. The van der Waals surface area contributed by atoms with Gasteiger partial charge in [-0.05, 0) is 31.4 Å². The molecule has 1 atom stereocenters. The topological polar surface area (TPSA) is 58.4 Å². The number of hydrogen-bond donors (Lipinski definition) is 2. The first-order valence-corrected chi connectivity index (χ1v) is 7.49. The van der Waals surface area contributed by atoms with Gasteiger partial charge in [-0.15, -0.1) is 0 Å². The van der Waals surface area contributed by atoms with Gasteiger partial charge in [0.2, 0.25) is 0 Å². The van der Waals surface area contributed by atoms with E-state index < -0.39 is 0 Å². The summed E-state index contributed by atoms with van der Waals surface area (Å²) in [5, 5.41) is 3.11. The molecule has 3 rings (SSSR count). The maximum Gasteiger partial charge on any atom is 0.251 e. The van der Waals surface area contributed by atoms with E-state index in [1.54, 1.807) is 12.1 Å². The lowest BCUT2D eigenvalue weighted by Crippen LogP contribution is -2.37. The molecule has 2 aliphatic rings. The van der Waals surface area contributed by atoms with Crippen LogP contribution in [0.4, 0.5) is 0 Å². The van der Waals surface area contributed by atoms with Gasteiger partial charge >= 0.3 is 0 Å². The third-order valence-electron chi connectivity index (χ3n) is 4.03. The average Bonchev–Trinajstić information content (AvgIpc) is 3.20. The highest BCUT2D eigenvalue weighted by Crippen LogP contribution is 2.29. The molecule has 1 heterocycles. The molecule has 3 N–H and O–H groups in total. The molecule has 0 aromatic heterocycles. The molecule has 0 spiro atoms. The van der Waals surface area contributed by atoms with E-state index in [4.69, 9.17) is 18.0 Å². The summed E-state index contributed by atoms with van der Waals surface area (Å²) in [6.07, 6.45) is 3.67. The number of nitrogens with one attached hydrogen (secondary N) is 1. The number of benzene rings is 1. The molecular formula is C15H19N3OS. The summed E-state index contributed by atoms with van der Waals surface area (Å²) in [6, 6.07) is 8.22. The second-order valence-corrected chi connectivity index (χ2v) is 6.07. The summed E-state index contributed by atoms with van der Waals surface area (Å²) >= 11 is 4.94. The fourth-order valence-corrected chi connectivity index (χ4v) is 2.89. The number of hydrogen-bond acceptors (Lipinski definition) is 3. The minimum Gasteiger partial charge on any atom is -0.389 e. The van der Waals surface area contributed by atoms with Gasteiger partial charge in [0, 0.05) is 36.3 Å². The van der Waals surface area contributed by atoms with Crippen molar-refractivity contribution >= 4 is 23.1 Å². The molecular weight excluding hydrogens is 270 g/mol. The summed E-state index contributed by atoms with van der Waals surface area (Å²) in [7, 11) is 0. The second-order valence-electron chi connectivity index (χ2n) is 5.63. The van der Waals surface area contributed by atoms with Crippen LogP contribution in [0, 0.1) is 0 Å². The van der Waals surface area contributed by atoms with E-state index in [1.165, 1.54) is 12.8 Å². The molecule has 0 bridgehead atoms. The van der Waals surface area contributed by atoms with Crippen molar-refractivity contribution in [3.8, 4) is 0 Å². The zero-order chi connectivity index (χ0) is 14.1. The molecule has 0 radical (unpaired) electrons. The molecule has 1 saturated heterocycles. The number of nitrogens with zero attached hydrogens (tertiary/aromatic N) is 1. The Hall–Kier alpha value is -1.46. The van der Waals surface area contributed by atoms with Crippen LogP contribution in [0.15, 0.2) is 24.3 Å². The van der Waals surface area contributed by atoms with Crippen molar-refractivity contribution < 1.29 is 4.79 Å². The number of nitrogens with two attached hydrogens (primary N) is 1. The molecule has 4 nitrogen and oxygen atoms in total. The maximum absolute atomic E-state index is 12.3. The second kappa shape index (κ2) is 5.50. The minimum atomic E-state index is -0.0363. The fraction of sp³-hybridized carbons (Fsp3) is 0.467. The molecule has 5 heteroatoms. The zero-order valence-corrected chi connectivity index (χ0v) is 12.2. The lowest BCUT2D eigenvalue weighted by atomic mass is 10.1. The highest BCUT2D eigenvalue weighted by molar-refractivity contribution is 7.80. The van der Waals surface area contributed by atoms with E-state index in [9.17, 15) is 4.79 Å². The number of carbonyl (C=O) groups is 1. The van der Waals surface area contributed by atoms with Gasteiger partial charge in [-0.1, -0.05) is 24.4 Å². The Morgan fingerprint density at radius 3 is 2.75 bits per heavy atom. The summed E-state index contributed by atoms with van der Waals surface area (Å²) in [6.45, 7) is 2.08. The molecule has 1 aromatic carbocycles. The number of likely N-dealkylation sites (tertiary alicyclic amines) is 1.